The van der Waals surface area contributed by atoms with E-state index < -0.39 is 0 Å². The van der Waals surface area contributed by atoms with E-state index in [1.54, 1.807) is 18.2 Å². The van der Waals surface area contributed by atoms with Crippen LogP contribution in [0.4, 0.5) is 0 Å². The predicted octanol–water partition coefficient (Wildman–Crippen LogP) is 2.26. The van der Waals surface area contributed by atoms with E-state index in [0.29, 0.717) is 17.9 Å². The van der Waals surface area contributed by atoms with Gasteiger partial charge in [0.1, 0.15) is 11.3 Å². The highest BCUT2D eigenvalue weighted by atomic mass is 16.5. The summed E-state index contributed by atoms with van der Waals surface area (Å²) < 4.78 is 10.0. The summed E-state index contributed by atoms with van der Waals surface area (Å²) in [6.07, 6.45) is 0.820. The maximum absolute atomic E-state index is 11.5. The van der Waals surface area contributed by atoms with Crippen LogP contribution < -0.4 is 4.74 Å². The van der Waals surface area contributed by atoms with Gasteiger partial charge in [0.15, 0.2) is 0 Å². The van der Waals surface area contributed by atoms with Crippen molar-refractivity contribution >= 4 is 5.97 Å². The molecule has 0 aromatic heterocycles. The largest absolute Gasteiger partial charge is 0.496 e. The smallest absolute Gasteiger partial charge is 0.341 e. The Kier molecular flexibility index (Phi) is 3.98. The minimum absolute atomic E-state index is 0.329. The zero-order chi connectivity index (χ0) is 10.4. The van der Waals surface area contributed by atoms with Crippen molar-refractivity contribution in [2.24, 2.45) is 0 Å². The van der Waals surface area contributed by atoms with Crippen LogP contribution in [0.5, 0.6) is 5.75 Å². The summed E-state index contributed by atoms with van der Waals surface area (Å²) in [6, 6.07) is 7.03. The van der Waals surface area contributed by atoms with E-state index >= 15 is 0 Å². The molecular formula is C11H14O3. The lowest BCUT2D eigenvalue weighted by molar-refractivity contribution is 0.0501. The normalized spacial score (nSPS) is 9.57. The van der Waals surface area contributed by atoms with E-state index in [2.05, 4.69) is 0 Å². The molecule has 0 saturated heterocycles. The first-order valence-corrected chi connectivity index (χ1v) is 4.59. The number of carbonyl (C=O) groups excluding carboxylic acids is 1. The fraction of sp³-hybridized carbons (Fsp3) is 0.364. The molecule has 0 spiro atoms. The number of methoxy groups -OCH3 is 1. The minimum Gasteiger partial charge on any atom is -0.496 e. The van der Waals surface area contributed by atoms with Gasteiger partial charge in [-0.05, 0) is 18.6 Å². The molecular weight excluding hydrogens is 180 g/mol. The number of hydrogen-bond acceptors (Lipinski definition) is 3. The molecule has 0 heterocycles. The van der Waals surface area contributed by atoms with Gasteiger partial charge in [0, 0.05) is 0 Å². The molecule has 0 aliphatic rings. The lowest BCUT2D eigenvalue weighted by Gasteiger charge is -2.07. The molecule has 0 N–H and O–H groups in total. The fourth-order valence-electron chi connectivity index (χ4n) is 1.09. The quantitative estimate of drug-likeness (QED) is 0.690. The minimum atomic E-state index is -0.329. The lowest BCUT2D eigenvalue weighted by atomic mass is 10.2. The molecule has 3 heteroatoms. The Labute approximate surface area is 83.6 Å². The van der Waals surface area contributed by atoms with E-state index in [1.165, 1.54) is 7.11 Å². The molecule has 3 nitrogen and oxygen atoms in total. The van der Waals surface area contributed by atoms with Gasteiger partial charge in [-0.3, -0.25) is 0 Å². The van der Waals surface area contributed by atoms with E-state index in [0.717, 1.165) is 6.42 Å². The molecule has 76 valence electrons. The summed E-state index contributed by atoms with van der Waals surface area (Å²) in [5.41, 5.74) is 0.475. The molecule has 0 aliphatic carbocycles. The molecule has 0 saturated carbocycles. The molecule has 14 heavy (non-hydrogen) atoms. The summed E-state index contributed by atoms with van der Waals surface area (Å²) in [4.78, 5) is 11.5. The topological polar surface area (TPSA) is 35.5 Å². The number of esters is 1. The van der Waals surface area contributed by atoms with E-state index in [-0.39, 0.29) is 5.97 Å². The zero-order valence-corrected chi connectivity index (χ0v) is 8.45. The molecule has 0 atom stereocenters. The first kappa shape index (κ1) is 10.6. The predicted molar refractivity (Wildman–Crippen MR) is 53.6 cm³/mol. The van der Waals surface area contributed by atoms with Crippen molar-refractivity contribution in [2.45, 2.75) is 13.3 Å². The average Bonchev–Trinajstić information content (AvgIpc) is 2.25. The number of rotatable bonds is 4. The van der Waals surface area contributed by atoms with E-state index in [4.69, 9.17) is 9.47 Å². The van der Waals surface area contributed by atoms with Crippen LogP contribution in [0.1, 0.15) is 23.7 Å². The van der Waals surface area contributed by atoms with Crippen LogP contribution in [0.25, 0.3) is 0 Å². The van der Waals surface area contributed by atoms with Gasteiger partial charge in [-0.15, -0.1) is 0 Å². The highest BCUT2D eigenvalue weighted by Crippen LogP contribution is 2.17. The highest BCUT2D eigenvalue weighted by molar-refractivity contribution is 5.92. The van der Waals surface area contributed by atoms with Gasteiger partial charge >= 0.3 is 5.97 Å². The monoisotopic (exact) mass is 194 g/mol. The molecule has 0 aliphatic heterocycles. The second-order valence-corrected chi connectivity index (χ2v) is 2.84. The Bertz CT molecular complexity index is 307. The van der Waals surface area contributed by atoms with Crippen molar-refractivity contribution in [3.8, 4) is 5.75 Å². The first-order chi connectivity index (χ1) is 6.79. The third-order valence-electron chi connectivity index (χ3n) is 1.76. The van der Waals surface area contributed by atoms with Crippen LogP contribution in [0.15, 0.2) is 24.3 Å². The van der Waals surface area contributed by atoms with Crippen LogP contribution in [0.2, 0.25) is 0 Å². The second-order valence-electron chi connectivity index (χ2n) is 2.84. The molecule has 0 fully saturated rings. The van der Waals surface area contributed by atoms with Crippen molar-refractivity contribution < 1.29 is 14.3 Å². The summed E-state index contributed by atoms with van der Waals surface area (Å²) in [7, 11) is 1.53. The third-order valence-corrected chi connectivity index (χ3v) is 1.76. The SMILES string of the molecule is CCCOC(=O)c1ccccc1OC. The van der Waals surface area contributed by atoms with Crippen LogP contribution in [0, 0.1) is 0 Å². The molecule has 1 rings (SSSR count). The van der Waals surface area contributed by atoms with Crippen molar-refractivity contribution in [3.63, 3.8) is 0 Å². The zero-order valence-electron chi connectivity index (χ0n) is 8.45. The average molecular weight is 194 g/mol. The third kappa shape index (κ3) is 2.49. The van der Waals surface area contributed by atoms with Gasteiger partial charge < -0.3 is 9.47 Å². The van der Waals surface area contributed by atoms with Gasteiger partial charge in [-0.2, -0.15) is 0 Å². The second kappa shape index (κ2) is 5.27. The number of carbonyl (C=O) groups is 1. The Balaban J connectivity index is 2.78. The van der Waals surface area contributed by atoms with Crippen LogP contribution in [-0.2, 0) is 4.74 Å². The molecule has 0 unspecified atom stereocenters. The Morgan fingerprint density at radius 1 is 1.36 bits per heavy atom. The van der Waals surface area contributed by atoms with Gasteiger partial charge in [-0.1, -0.05) is 19.1 Å². The van der Waals surface area contributed by atoms with Crippen molar-refractivity contribution in [1.82, 2.24) is 0 Å². The van der Waals surface area contributed by atoms with Crippen LogP contribution >= 0.6 is 0 Å². The van der Waals surface area contributed by atoms with Crippen molar-refractivity contribution in [3.05, 3.63) is 29.8 Å². The summed E-state index contributed by atoms with van der Waals surface area (Å²) in [5, 5.41) is 0. The van der Waals surface area contributed by atoms with Crippen LogP contribution in [0.3, 0.4) is 0 Å². The number of benzene rings is 1. The maximum Gasteiger partial charge on any atom is 0.341 e. The van der Waals surface area contributed by atoms with Gasteiger partial charge in [0.2, 0.25) is 0 Å². The molecule has 1 aromatic carbocycles. The lowest BCUT2D eigenvalue weighted by Crippen LogP contribution is -2.07. The van der Waals surface area contributed by atoms with Gasteiger partial charge in [-0.25, -0.2) is 4.79 Å². The number of hydrogen-bond donors (Lipinski definition) is 0. The molecule has 0 amide bonds. The van der Waals surface area contributed by atoms with Gasteiger partial charge in [0.05, 0.1) is 13.7 Å². The Morgan fingerprint density at radius 3 is 2.71 bits per heavy atom. The Hall–Kier alpha value is -1.51. The maximum atomic E-state index is 11.5. The van der Waals surface area contributed by atoms with Crippen molar-refractivity contribution in [1.29, 1.82) is 0 Å². The summed E-state index contributed by atoms with van der Waals surface area (Å²) in [6.45, 7) is 2.40. The summed E-state index contributed by atoms with van der Waals surface area (Å²) in [5.74, 6) is 0.220. The van der Waals surface area contributed by atoms with Crippen LogP contribution in [-0.4, -0.2) is 19.7 Å². The standard InChI is InChI=1S/C11H14O3/c1-3-8-14-11(12)9-6-4-5-7-10(9)13-2/h4-7H,3,8H2,1-2H3. The molecule has 0 radical (unpaired) electrons. The molecule has 1 aromatic rings. The van der Waals surface area contributed by atoms with Crippen molar-refractivity contribution in [2.75, 3.05) is 13.7 Å². The van der Waals surface area contributed by atoms with E-state index in [9.17, 15) is 4.79 Å². The fourth-order valence-corrected chi connectivity index (χ4v) is 1.09. The first-order valence-electron chi connectivity index (χ1n) is 4.59. The van der Waals surface area contributed by atoms with E-state index in [1.807, 2.05) is 13.0 Å². The summed E-state index contributed by atoms with van der Waals surface area (Å²) >= 11 is 0. The van der Waals surface area contributed by atoms with Gasteiger partial charge in [0.25, 0.3) is 0 Å². The molecule has 0 bridgehead atoms. The number of para-hydroxylation sites is 1. The number of ether oxygens (including phenoxy) is 2. The Morgan fingerprint density at radius 2 is 2.07 bits per heavy atom. The highest BCUT2D eigenvalue weighted by Gasteiger charge is 2.11.